The second kappa shape index (κ2) is 6.74. The molecule has 0 aromatic carbocycles. The van der Waals surface area contributed by atoms with Gasteiger partial charge in [-0.15, -0.1) is 0 Å². The maximum absolute atomic E-state index is 11.7. The van der Waals surface area contributed by atoms with Crippen molar-refractivity contribution in [2.75, 3.05) is 0 Å². The summed E-state index contributed by atoms with van der Waals surface area (Å²) in [5, 5.41) is 11.5. The molecule has 0 fully saturated rings. The summed E-state index contributed by atoms with van der Waals surface area (Å²) in [6.45, 7) is 3.84. The third-order valence-electron chi connectivity index (χ3n) is 2.43. The molecule has 1 amide bonds. The van der Waals surface area contributed by atoms with Crippen LogP contribution in [0, 0.1) is 5.92 Å². The van der Waals surface area contributed by atoms with E-state index < -0.39 is 12.0 Å². The van der Waals surface area contributed by atoms with Crippen LogP contribution in [0.1, 0.15) is 25.8 Å². The van der Waals surface area contributed by atoms with E-state index in [1.54, 1.807) is 24.5 Å². The first kappa shape index (κ1) is 14.2. The van der Waals surface area contributed by atoms with Crippen molar-refractivity contribution >= 4 is 11.9 Å². The highest BCUT2D eigenvalue weighted by Crippen LogP contribution is 2.05. The minimum atomic E-state index is -0.997. The Morgan fingerprint density at radius 2 is 2.17 bits per heavy atom. The number of amides is 1. The number of aliphatic carboxylic acids is 1. The van der Waals surface area contributed by atoms with Gasteiger partial charge in [0, 0.05) is 12.4 Å². The Labute approximate surface area is 106 Å². The molecule has 0 saturated carbocycles. The molecule has 0 saturated heterocycles. The topological polar surface area (TPSA) is 79.3 Å². The van der Waals surface area contributed by atoms with Gasteiger partial charge >= 0.3 is 5.97 Å². The summed E-state index contributed by atoms with van der Waals surface area (Å²) >= 11 is 0. The normalized spacial score (nSPS) is 12.2. The molecule has 5 heteroatoms. The average molecular weight is 250 g/mol. The van der Waals surface area contributed by atoms with Gasteiger partial charge in [-0.3, -0.25) is 9.78 Å². The Balaban J connectivity index is 2.54. The van der Waals surface area contributed by atoms with Crippen LogP contribution in [0.15, 0.2) is 24.5 Å². The quantitative estimate of drug-likeness (QED) is 0.796. The summed E-state index contributed by atoms with van der Waals surface area (Å²) in [7, 11) is 0. The van der Waals surface area contributed by atoms with Crippen LogP contribution in [-0.2, 0) is 16.0 Å². The number of pyridine rings is 1. The molecule has 0 radical (unpaired) electrons. The molecule has 0 aliphatic carbocycles. The summed E-state index contributed by atoms with van der Waals surface area (Å²) in [5.74, 6) is -1.08. The van der Waals surface area contributed by atoms with E-state index in [2.05, 4.69) is 10.3 Å². The number of carboxylic acid groups (broad SMARTS) is 1. The predicted molar refractivity (Wildman–Crippen MR) is 67.0 cm³/mol. The summed E-state index contributed by atoms with van der Waals surface area (Å²) in [6.07, 6.45) is 3.79. The summed E-state index contributed by atoms with van der Waals surface area (Å²) in [5.41, 5.74) is 0.767. The third-order valence-corrected chi connectivity index (χ3v) is 2.43. The van der Waals surface area contributed by atoms with E-state index in [-0.39, 0.29) is 18.2 Å². The Morgan fingerprint density at radius 1 is 1.44 bits per heavy atom. The number of hydrogen-bond donors (Lipinski definition) is 2. The zero-order valence-corrected chi connectivity index (χ0v) is 10.6. The van der Waals surface area contributed by atoms with Crippen LogP contribution in [0.5, 0.6) is 0 Å². The maximum atomic E-state index is 11.7. The van der Waals surface area contributed by atoms with Gasteiger partial charge in [-0.1, -0.05) is 19.9 Å². The number of rotatable bonds is 6. The van der Waals surface area contributed by atoms with Crippen molar-refractivity contribution in [1.82, 2.24) is 10.3 Å². The highest BCUT2D eigenvalue weighted by Gasteiger charge is 2.20. The lowest BCUT2D eigenvalue weighted by atomic mass is 10.0. The molecular formula is C13H18N2O3. The van der Waals surface area contributed by atoms with Crippen molar-refractivity contribution in [2.24, 2.45) is 5.92 Å². The lowest BCUT2D eigenvalue weighted by Gasteiger charge is -2.16. The van der Waals surface area contributed by atoms with Crippen LogP contribution >= 0.6 is 0 Å². The fourth-order valence-electron chi connectivity index (χ4n) is 1.63. The lowest BCUT2D eigenvalue weighted by Crippen LogP contribution is -2.42. The summed E-state index contributed by atoms with van der Waals surface area (Å²) in [6, 6.07) is 2.70. The fourth-order valence-corrected chi connectivity index (χ4v) is 1.63. The summed E-state index contributed by atoms with van der Waals surface area (Å²) in [4.78, 5) is 26.6. The molecule has 18 heavy (non-hydrogen) atoms. The molecule has 0 bridgehead atoms. The number of carbonyl (C=O) groups excluding carboxylic acids is 1. The van der Waals surface area contributed by atoms with Gasteiger partial charge in [0.05, 0.1) is 6.42 Å². The van der Waals surface area contributed by atoms with Gasteiger partial charge in [0.2, 0.25) is 5.91 Å². The van der Waals surface area contributed by atoms with Crippen molar-refractivity contribution < 1.29 is 14.7 Å². The minimum Gasteiger partial charge on any atom is -0.480 e. The summed E-state index contributed by atoms with van der Waals surface area (Å²) < 4.78 is 0. The molecule has 1 unspecified atom stereocenters. The van der Waals surface area contributed by atoms with E-state index in [0.717, 1.165) is 5.56 Å². The molecule has 0 spiro atoms. The second-order valence-corrected chi connectivity index (χ2v) is 4.63. The van der Waals surface area contributed by atoms with Crippen molar-refractivity contribution in [2.45, 2.75) is 32.7 Å². The van der Waals surface area contributed by atoms with Crippen LogP contribution in [0.2, 0.25) is 0 Å². The number of carboxylic acids is 1. The number of nitrogens with one attached hydrogen (secondary N) is 1. The minimum absolute atomic E-state index is 0.149. The maximum Gasteiger partial charge on any atom is 0.326 e. The number of carbonyl (C=O) groups is 2. The molecule has 98 valence electrons. The van der Waals surface area contributed by atoms with Gasteiger partial charge in [0.1, 0.15) is 6.04 Å². The van der Waals surface area contributed by atoms with Crippen LogP contribution < -0.4 is 5.32 Å². The lowest BCUT2D eigenvalue weighted by molar-refractivity contribution is -0.142. The monoisotopic (exact) mass is 250 g/mol. The van der Waals surface area contributed by atoms with Crippen molar-refractivity contribution in [1.29, 1.82) is 0 Å². The number of nitrogens with zero attached hydrogens (tertiary/aromatic N) is 1. The molecular weight excluding hydrogens is 232 g/mol. The first-order valence-electron chi connectivity index (χ1n) is 5.90. The molecule has 0 aliphatic rings. The molecule has 1 aromatic heterocycles. The second-order valence-electron chi connectivity index (χ2n) is 4.63. The van der Waals surface area contributed by atoms with E-state index in [1.807, 2.05) is 13.8 Å². The number of aromatic nitrogens is 1. The molecule has 1 rings (SSSR count). The van der Waals surface area contributed by atoms with Crippen LogP contribution in [0.25, 0.3) is 0 Å². The Morgan fingerprint density at radius 3 is 2.67 bits per heavy atom. The van der Waals surface area contributed by atoms with E-state index in [4.69, 9.17) is 5.11 Å². The predicted octanol–water partition coefficient (Wildman–Crippen LogP) is 1.24. The highest BCUT2D eigenvalue weighted by molar-refractivity contribution is 5.84. The first-order chi connectivity index (χ1) is 8.49. The van der Waals surface area contributed by atoms with Crippen LogP contribution in [0.3, 0.4) is 0 Å². The van der Waals surface area contributed by atoms with Gasteiger partial charge in [0.15, 0.2) is 0 Å². The highest BCUT2D eigenvalue weighted by atomic mass is 16.4. The van der Waals surface area contributed by atoms with Crippen LogP contribution in [-0.4, -0.2) is 28.0 Å². The molecule has 2 N–H and O–H groups in total. The number of hydrogen-bond acceptors (Lipinski definition) is 3. The van der Waals surface area contributed by atoms with Gasteiger partial charge < -0.3 is 10.4 Å². The van der Waals surface area contributed by atoms with E-state index in [9.17, 15) is 9.59 Å². The third kappa shape index (κ3) is 4.95. The zero-order valence-electron chi connectivity index (χ0n) is 10.6. The Kier molecular flexibility index (Phi) is 5.30. The first-order valence-corrected chi connectivity index (χ1v) is 5.90. The van der Waals surface area contributed by atoms with Crippen molar-refractivity contribution in [3.8, 4) is 0 Å². The van der Waals surface area contributed by atoms with Crippen molar-refractivity contribution in [3.05, 3.63) is 30.1 Å². The molecule has 1 aromatic rings. The van der Waals surface area contributed by atoms with Gasteiger partial charge in [-0.05, 0) is 24.0 Å². The van der Waals surface area contributed by atoms with Crippen LogP contribution in [0.4, 0.5) is 0 Å². The fraction of sp³-hybridized carbons (Fsp3) is 0.462. The van der Waals surface area contributed by atoms with E-state index in [0.29, 0.717) is 6.42 Å². The van der Waals surface area contributed by atoms with Gasteiger partial charge in [-0.2, -0.15) is 0 Å². The average Bonchev–Trinajstić information content (AvgIpc) is 2.28. The largest absolute Gasteiger partial charge is 0.480 e. The Hall–Kier alpha value is -1.91. The molecule has 1 heterocycles. The smallest absolute Gasteiger partial charge is 0.326 e. The van der Waals surface area contributed by atoms with Gasteiger partial charge in [-0.25, -0.2) is 4.79 Å². The molecule has 5 nitrogen and oxygen atoms in total. The van der Waals surface area contributed by atoms with E-state index >= 15 is 0 Å². The SMILES string of the molecule is CC(C)CC(NC(=O)Cc1cccnc1)C(=O)O. The molecule has 1 atom stereocenters. The zero-order chi connectivity index (χ0) is 13.5. The van der Waals surface area contributed by atoms with Crippen molar-refractivity contribution in [3.63, 3.8) is 0 Å². The van der Waals surface area contributed by atoms with E-state index in [1.165, 1.54) is 0 Å². The Bertz CT molecular complexity index is 404. The molecule has 0 aliphatic heterocycles. The standard InChI is InChI=1S/C13H18N2O3/c1-9(2)6-11(13(17)18)15-12(16)7-10-4-3-5-14-8-10/h3-5,8-9,11H,6-7H2,1-2H3,(H,15,16)(H,17,18). The van der Waals surface area contributed by atoms with Gasteiger partial charge in [0.25, 0.3) is 0 Å².